The van der Waals surface area contributed by atoms with E-state index in [4.69, 9.17) is 4.84 Å². The van der Waals surface area contributed by atoms with Crippen LogP contribution >= 0.6 is 0 Å². The van der Waals surface area contributed by atoms with Gasteiger partial charge in [0.1, 0.15) is 0 Å². The van der Waals surface area contributed by atoms with Crippen LogP contribution in [-0.4, -0.2) is 59.1 Å². The Hall–Kier alpha value is -1.59. The maximum absolute atomic E-state index is 12.5. The van der Waals surface area contributed by atoms with Crippen LogP contribution in [0.1, 0.15) is 40.5 Å². The zero-order valence-electron chi connectivity index (χ0n) is 13.4. The van der Waals surface area contributed by atoms with Crippen LogP contribution in [0.2, 0.25) is 0 Å². The Bertz CT molecular complexity index is 453. The van der Waals surface area contributed by atoms with Crippen molar-refractivity contribution in [2.45, 2.75) is 46.1 Å². The molecule has 2 aliphatic heterocycles. The molecule has 0 spiro atoms. The molecule has 0 aromatic heterocycles. The Morgan fingerprint density at radius 3 is 2.29 bits per heavy atom. The molecule has 0 N–H and O–H groups in total. The maximum atomic E-state index is 12.5. The van der Waals surface area contributed by atoms with Gasteiger partial charge in [0.2, 0.25) is 11.5 Å². The van der Waals surface area contributed by atoms with Crippen LogP contribution < -0.4 is 0 Å². The van der Waals surface area contributed by atoms with Gasteiger partial charge in [0, 0.05) is 39.0 Å². The summed E-state index contributed by atoms with van der Waals surface area (Å²) in [6, 6.07) is 0. The molecule has 0 saturated carbocycles. The predicted octanol–water partition coefficient (Wildman–Crippen LogP) is 1.26. The normalized spacial score (nSPS) is 25.9. The second-order valence-electron chi connectivity index (χ2n) is 6.60. The van der Waals surface area contributed by atoms with Crippen molar-refractivity contribution in [1.29, 1.82) is 0 Å². The third-order valence-corrected chi connectivity index (χ3v) is 3.95. The SMILES string of the molecule is CC1=NOC(C)(C(=O)N2CCN(C(=O)CC(C)C)CC2)C1. The van der Waals surface area contributed by atoms with Gasteiger partial charge in [-0.3, -0.25) is 9.59 Å². The van der Waals surface area contributed by atoms with Crippen molar-refractivity contribution in [1.82, 2.24) is 9.80 Å². The summed E-state index contributed by atoms with van der Waals surface area (Å²) >= 11 is 0. The third kappa shape index (κ3) is 3.54. The number of carbonyl (C=O) groups excluding carboxylic acids is 2. The van der Waals surface area contributed by atoms with Crippen molar-refractivity contribution >= 4 is 17.5 Å². The standard InChI is InChI=1S/C15H25N3O3/c1-11(2)9-13(19)17-5-7-18(8-6-17)14(20)15(4)10-12(3)16-21-15/h11H,5-10H2,1-4H3. The second-order valence-corrected chi connectivity index (χ2v) is 6.60. The molecule has 2 amide bonds. The molecule has 2 heterocycles. The molecule has 118 valence electrons. The van der Waals surface area contributed by atoms with E-state index in [1.807, 2.05) is 25.7 Å². The largest absolute Gasteiger partial charge is 0.379 e. The van der Waals surface area contributed by atoms with Crippen LogP contribution in [0.4, 0.5) is 0 Å². The summed E-state index contributed by atoms with van der Waals surface area (Å²) in [6.07, 6.45) is 1.11. The first-order valence-electron chi connectivity index (χ1n) is 7.60. The average Bonchev–Trinajstić information content (AvgIpc) is 2.78. The molecule has 1 atom stereocenters. The number of rotatable bonds is 3. The quantitative estimate of drug-likeness (QED) is 0.787. The number of carbonyl (C=O) groups is 2. The number of nitrogens with zero attached hydrogens (tertiary/aromatic N) is 3. The zero-order valence-corrected chi connectivity index (χ0v) is 13.4. The molecule has 2 aliphatic rings. The fourth-order valence-electron chi connectivity index (χ4n) is 2.82. The van der Waals surface area contributed by atoms with Crippen LogP contribution in [0.3, 0.4) is 0 Å². The highest BCUT2D eigenvalue weighted by Gasteiger charge is 2.44. The first-order valence-corrected chi connectivity index (χ1v) is 7.60. The van der Waals surface area contributed by atoms with Gasteiger partial charge < -0.3 is 14.6 Å². The zero-order chi connectivity index (χ0) is 15.6. The predicted molar refractivity (Wildman–Crippen MR) is 79.8 cm³/mol. The summed E-state index contributed by atoms with van der Waals surface area (Å²) in [5.74, 6) is 0.516. The van der Waals surface area contributed by atoms with E-state index >= 15 is 0 Å². The Balaban J connectivity index is 1.87. The molecule has 1 unspecified atom stereocenters. The van der Waals surface area contributed by atoms with Crippen molar-refractivity contribution < 1.29 is 14.4 Å². The van der Waals surface area contributed by atoms with Crippen LogP contribution in [0, 0.1) is 5.92 Å². The first kappa shape index (κ1) is 15.8. The number of hydrogen-bond acceptors (Lipinski definition) is 4. The smallest absolute Gasteiger partial charge is 0.269 e. The lowest BCUT2D eigenvalue weighted by Crippen LogP contribution is -2.56. The molecule has 0 aromatic rings. The molecule has 2 rings (SSSR count). The van der Waals surface area contributed by atoms with Crippen molar-refractivity contribution in [3.8, 4) is 0 Å². The van der Waals surface area contributed by atoms with E-state index in [1.165, 1.54) is 0 Å². The lowest BCUT2D eigenvalue weighted by molar-refractivity contribution is -0.156. The van der Waals surface area contributed by atoms with Gasteiger partial charge in [0.15, 0.2) is 0 Å². The fraction of sp³-hybridized carbons (Fsp3) is 0.800. The molecule has 0 bridgehead atoms. The van der Waals surface area contributed by atoms with E-state index in [0.717, 1.165) is 5.71 Å². The Morgan fingerprint density at radius 1 is 1.24 bits per heavy atom. The lowest BCUT2D eigenvalue weighted by Gasteiger charge is -2.37. The lowest BCUT2D eigenvalue weighted by atomic mass is 9.98. The maximum Gasteiger partial charge on any atom is 0.269 e. The molecule has 6 nitrogen and oxygen atoms in total. The number of hydrogen-bond donors (Lipinski definition) is 0. The van der Waals surface area contributed by atoms with Gasteiger partial charge in [-0.1, -0.05) is 19.0 Å². The minimum atomic E-state index is -0.867. The molecule has 0 aromatic carbocycles. The molecular weight excluding hydrogens is 270 g/mol. The Morgan fingerprint density at radius 2 is 1.81 bits per heavy atom. The van der Waals surface area contributed by atoms with Gasteiger partial charge >= 0.3 is 0 Å². The summed E-state index contributed by atoms with van der Waals surface area (Å²) in [5, 5.41) is 3.89. The van der Waals surface area contributed by atoms with Crippen molar-refractivity contribution in [3.05, 3.63) is 0 Å². The highest BCUT2D eigenvalue weighted by atomic mass is 16.7. The summed E-state index contributed by atoms with van der Waals surface area (Å²) in [6.45, 7) is 10.1. The number of piperazine rings is 1. The van der Waals surface area contributed by atoms with Gasteiger partial charge in [0.25, 0.3) is 5.91 Å². The van der Waals surface area contributed by atoms with Crippen molar-refractivity contribution in [2.75, 3.05) is 26.2 Å². The van der Waals surface area contributed by atoms with E-state index in [9.17, 15) is 9.59 Å². The van der Waals surface area contributed by atoms with Crippen LogP contribution in [0.15, 0.2) is 5.16 Å². The van der Waals surface area contributed by atoms with Gasteiger partial charge in [-0.05, 0) is 19.8 Å². The van der Waals surface area contributed by atoms with E-state index in [2.05, 4.69) is 5.16 Å². The molecule has 0 radical (unpaired) electrons. The minimum Gasteiger partial charge on any atom is -0.379 e. The van der Waals surface area contributed by atoms with Gasteiger partial charge in [0.05, 0.1) is 5.71 Å². The van der Waals surface area contributed by atoms with Crippen LogP contribution in [-0.2, 0) is 14.4 Å². The van der Waals surface area contributed by atoms with Crippen molar-refractivity contribution in [2.24, 2.45) is 11.1 Å². The highest BCUT2D eigenvalue weighted by molar-refractivity contribution is 5.94. The first-order chi connectivity index (χ1) is 9.82. The van der Waals surface area contributed by atoms with Gasteiger partial charge in [-0.15, -0.1) is 0 Å². The Labute approximate surface area is 126 Å². The fourth-order valence-corrected chi connectivity index (χ4v) is 2.82. The molecular formula is C15H25N3O3. The van der Waals surface area contributed by atoms with E-state index < -0.39 is 5.60 Å². The average molecular weight is 295 g/mol. The molecule has 1 fully saturated rings. The highest BCUT2D eigenvalue weighted by Crippen LogP contribution is 2.26. The van der Waals surface area contributed by atoms with E-state index in [0.29, 0.717) is 44.9 Å². The third-order valence-electron chi connectivity index (χ3n) is 3.95. The second kappa shape index (κ2) is 6.03. The minimum absolute atomic E-state index is 0.0286. The molecule has 0 aliphatic carbocycles. The topological polar surface area (TPSA) is 62.2 Å². The van der Waals surface area contributed by atoms with Crippen LogP contribution in [0.5, 0.6) is 0 Å². The molecule has 1 saturated heterocycles. The number of oxime groups is 1. The number of amides is 2. The summed E-state index contributed by atoms with van der Waals surface area (Å²) in [4.78, 5) is 33.5. The van der Waals surface area contributed by atoms with Crippen LogP contribution in [0.25, 0.3) is 0 Å². The van der Waals surface area contributed by atoms with Gasteiger partial charge in [-0.2, -0.15) is 0 Å². The van der Waals surface area contributed by atoms with Gasteiger partial charge in [-0.25, -0.2) is 0 Å². The van der Waals surface area contributed by atoms with E-state index in [-0.39, 0.29) is 11.8 Å². The monoisotopic (exact) mass is 295 g/mol. The summed E-state index contributed by atoms with van der Waals surface area (Å²) in [5.41, 5.74) is -0.0228. The molecule has 21 heavy (non-hydrogen) atoms. The summed E-state index contributed by atoms with van der Waals surface area (Å²) in [7, 11) is 0. The van der Waals surface area contributed by atoms with E-state index in [1.54, 1.807) is 11.8 Å². The summed E-state index contributed by atoms with van der Waals surface area (Å²) < 4.78 is 0. The van der Waals surface area contributed by atoms with Crippen molar-refractivity contribution in [3.63, 3.8) is 0 Å². The molecule has 6 heteroatoms. The Kier molecular flexibility index (Phi) is 4.54.